The molecule has 8 heteroatoms. The predicted molar refractivity (Wildman–Crippen MR) is 269 cm³/mol. The van der Waals surface area contributed by atoms with E-state index >= 15 is 0 Å². The number of rotatable bonds is 6. The van der Waals surface area contributed by atoms with Crippen LogP contribution in [0.2, 0.25) is 0 Å². The third-order valence-corrected chi connectivity index (χ3v) is 15.3. The number of nitrogens with zero attached hydrogens (tertiary/aromatic N) is 5. The van der Waals surface area contributed by atoms with Crippen LogP contribution >= 0.6 is 0 Å². The van der Waals surface area contributed by atoms with Crippen molar-refractivity contribution < 1.29 is 14.6 Å². The molecule has 0 aromatic heterocycles. The molecule has 0 aromatic rings. The molecule has 1 N–H and O–H groups in total. The second kappa shape index (κ2) is 22.7. The number of hydrogen-bond acceptors (Lipinski definition) is 8. The monoisotopic (exact) mass is 884 g/mol. The number of carbonyl (C=O) groups excluding carboxylic acids is 1. The molecule has 1 spiro atoms. The fourth-order valence-corrected chi connectivity index (χ4v) is 11.8. The molecule has 6 fully saturated rings. The van der Waals surface area contributed by atoms with E-state index in [4.69, 9.17) is 36.9 Å². The summed E-state index contributed by atoms with van der Waals surface area (Å²) in [6.45, 7) is 41.0. The number of carbonyl (C=O) groups is 1. The van der Waals surface area contributed by atoms with Gasteiger partial charge in [-0.15, -0.1) is 0 Å². The van der Waals surface area contributed by atoms with Crippen LogP contribution in [0.1, 0.15) is 156 Å². The van der Waals surface area contributed by atoms with E-state index in [-0.39, 0.29) is 22.8 Å². The number of hydrogen-bond donors (Lipinski definition) is 1. The predicted octanol–water partition coefficient (Wildman–Crippen LogP) is 9.34. The number of ether oxygens (including phenoxy) is 1. The Hall–Kier alpha value is -3.61. The Kier molecular flexibility index (Phi) is 20.1. The largest absolute Gasteiger partial charge is 0.388 e. The molecule has 0 aromatic carbocycles. The van der Waals surface area contributed by atoms with Gasteiger partial charge >= 0.3 is 0 Å². The van der Waals surface area contributed by atoms with E-state index in [2.05, 4.69) is 142 Å². The zero-order valence-electron chi connectivity index (χ0n) is 44.0. The van der Waals surface area contributed by atoms with Crippen LogP contribution < -0.4 is 0 Å². The number of aliphatic hydroxyl groups is 1. The highest BCUT2D eigenvalue weighted by Crippen LogP contribution is 2.58. The minimum Gasteiger partial charge on any atom is -0.388 e. The Balaban J connectivity index is 0.000000275. The third kappa shape index (κ3) is 14.0. The van der Waals surface area contributed by atoms with Crippen LogP contribution in [0, 0.1) is 114 Å². The molecule has 6 aliphatic rings. The highest BCUT2D eigenvalue weighted by Gasteiger charge is 2.56. The maximum absolute atomic E-state index is 11.6. The van der Waals surface area contributed by atoms with Gasteiger partial charge in [0.15, 0.2) is 5.78 Å². The molecule has 1 saturated carbocycles. The molecule has 1 aliphatic carbocycles. The summed E-state index contributed by atoms with van der Waals surface area (Å²) in [5.41, 5.74) is 0.0736. The van der Waals surface area contributed by atoms with Crippen LogP contribution in [0.25, 0.3) is 0 Å². The molecule has 0 amide bonds. The Morgan fingerprint density at radius 1 is 0.625 bits per heavy atom. The van der Waals surface area contributed by atoms with Crippen molar-refractivity contribution in [3.8, 4) is 62.3 Å². The lowest BCUT2D eigenvalue weighted by molar-refractivity contribution is -0.123. The Morgan fingerprint density at radius 2 is 1.09 bits per heavy atom. The quantitative estimate of drug-likeness (QED) is 0.265. The van der Waals surface area contributed by atoms with Crippen LogP contribution in [-0.4, -0.2) is 117 Å². The van der Waals surface area contributed by atoms with Gasteiger partial charge in [-0.3, -0.25) is 4.79 Å². The molecule has 5 heterocycles. The molecule has 6 rings (SSSR count). The number of ketones is 1. The van der Waals surface area contributed by atoms with E-state index in [0.717, 1.165) is 38.4 Å². The summed E-state index contributed by atoms with van der Waals surface area (Å²) in [6.07, 6.45) is 34.4. The van der Waals surface area contributed by atoms with E-state index in [1.54, 1.807) is 7.11 Å². The highest BCUT2D eigenvalue weighted by molar-refractivity contribution is 5.89. The van der Waals surface area contributed by atoms with Gasteiger partial charge in [0.2, 0.25) is 0 Å². The second-order valence-corrected chi connectivity index (χ2v) is 23.7. The smallest absolute Gasteiger partial charge is 0.160 e. The standard InChI is InChI=1S/C13H23N.C11H19NO.C11H17NO.C11H17N.C10H17NO/c1-7-14-9-8-11(13(4,5)6)12(14)10(2)3;1-6-12-8-11(4,13-5)7-10(12)9(2)3;1-6-12-7-9(13)11(4,5)10(12)8(2)3;1-4-12-8-7-11(5-6-11)10(12)9(2)3;1-5-11-7-10(4,12)6-9(11)8(2)3/h1,10-12H,8-9H2,2-6H3;1,9-10H,7-8H2,2-5H3;1,8,10H,7H2,2-5H3;1,9-10H,5-8H2,2-3H3;1,8-9,12H,6-7H2,2-4H3. The van der Waals surface area contributed by atoms with Crippen molar-refractivity contribution in [2.75, 3.05) is 39.8 Å². The van der Waals surface area contributed by atoms with E-state index in [0.29, 0.717) is 77.7 Å². The first kappa shape index (κ1) is 56.5. The minimum atomic E-state index is -0.596. The van der Waals surface area contributed by atoms with Crippen molar-refractivity contribution in [1.82, 2.24) is 24.5 Å². The molecule has 360 valence electrons. The average Bonchev–Trinajstić information content (AvgIpc) is 3.56. The zero-order chi connectivity index (χ0) is 49.3. The van der Waals surface area contributed by atoms with Crippen molar-refractivity contribution in [1.29, 1.82) is 0 Å². The first-order chi connectivity index (χ1) is 29.5. The summed E-state index contributed by atoms with van der Waals surface area (Å²) in [7, 11) is 1.76. The number of β-amino-alcohol motifs (C(OH)–C–C–N with tert-alkyl or cyclic N) is 1. The Bertz CT molecular complexity index is 1700. The molecule has 0 bridgehead atoms. The van der Waals surface area contributed by atoms with Crippen LogP contribution in [0.4, 0.5) is 0 Å². The van der Waals surface area contributed by atoms with Gasteiger partial charge in [0.05, 0.1) is 36.9 Å². The van der Waals surface area contributed by atoms with Crippen molar-refractivity contribution >= 4 is 5.78 Å². The van der Waals surface area contributed by atoms with Crippen molar-refractivity contribution in [3.63, 3.8) is 0 Å². The van der Waals surface area contributed by atoms with Crippen LogP contribution in [0.5, 0.6) is 0 Å². The molecule has 5 aliphatic heterocycles. The van der Waals surface area contributed by atoms with Crippen molar-refractivity contribution in [2.45, 2.75) is 198 Å². The molecule has 64 heavy (non-hydrogen) atoms. The molecular weight excluding hydrogens is 791 g/mol. The third-order valence-electron chi connectivity index (χ3n) is 15.3. The molecule has 8 atom stereocenters. The Labute approximate surface area is 395 Å². The maximum Gasteiger partial charge on any atom is 0.160 e. The number of terminal acetylenes is 5. The van der Waals surface area contributed by atoms with Gasteiger partial charge in [-0.05, 0) is 98.7 Å². The first-order valence-electron chi connectivity index (χ1n) is 24.4. The van der Waals surface area contributed by atoms with Crippen LogP contribution in [0.3, 0.4) is 0 Å². The molecule has 8 unspecified atom stereocenters. The molecule has 8 nitrogen and oxygen atoms in total. The van der Waals surface area contributed by atoms with Crippen molar-refractivity contribution in [2.24, 2.45) is 51.8 Å². The molecule has 5 saturated heterocycles. The number of likely N-dealkylation sites (tertiary alicyclic amines) is 5. The van der Waals surface area contributed by atoms with Gasteiger partial charge in [0, 0.05) is 80.0 Å². The summed E-state index contributed by atoms with van der Waals surface area (Å²) < 4.78 is 5.47. The van der Waals surface area contributed by atoms with Gasteiger partial charge in [-0.2, -0.15) is 0 Å². The lowest BCUT2D eigenvalue weighted by Gasteiger charge is -2.36. The summed E-state index contributed by atoms with van der Waals surface area (Å²) >= 11 is 0. The van der Waals surface area contributed by atoms with E-state index in [1.165, 1.54) is 25.7 Å². The molecular formula is C56H93N5O3. The maximum atomic E-state index is 11.6. The van der Waals surface area contributed by atoms with Gasteiger partial charge in [-0.1, -0.05) is 136 Å². The zero-order valence-corrected chi connectivity index (χ0v) is 44.0. The van der Waals surface area contributed by atoms with Gasteiger partial charge in [0.1, 0.15) is 0 Å². The lowest BCUT2D eigenvalue weighted by atomic mass is 9.73. The summed E-state index contributed by atoms with van der Waals surface area (Å²) in [5, 5.41) is 9.78. The van der Waals surface area contributed by atoms with Gasteiger partial charge in [0.25, 0.3) is 0 Å². The lowest BCUT2D eigenvalue weighted by Crippen LogP contribution is -2.39. The molecule has 0 radical (unpaired) electrons. The Morgan fingerprint density at radius 3 is 1.44 bits per heavy atom. The number of methoxy groups -OCH3 is 1. The highest BCUT2D eigenvalue weighted by atomic mass is 16.5. The van der Waals surface area contributed by atoms with Crippen molar-refractivity contribution in [3.05, 3.63) is 0 Å². The topological polar surface area (TPSA) is 62.7 Å². The van der Waals surface area contributed by atoms with Gasteiger partial charge in [-0.25, -0.2) is 0 Å². The summed E-state index contributed by atoms with van der Waals surface area (Å²) in [6, 6.07) is 15.8. The average molecular weight is 884 g/mol. The van der Waals surface area contributed by atoms with E-state index in [1.807, 2.05) is 30.6 Å². The van der Waals surface area contributed by atoms with E-state index in [9.17, 15) is 9.90 Å². The summed E-state index contributed by atoms with van der Waals surface area (Å²) in [5.74, 6) is 3.87. The fraction of sp³-hybridized carbons (Fsp3) is 0.804. The van der Waals surface area contributed by atoms with E-state index < -0.39 is 5.60 Å². The fourth-order valence-electron chi connectivity index (χ4n) is 11.8. The number of Topliss-reactive ketones (excluding diaryl/α,β-unsaturated/α-hetero) is 1. The normalized spacial score (nSPS) is 31.0. The first-order valence-corrected chi connectivity index (χ1v) is 24.4. The van der Waals surface area contributed by atoms with Crippen LogP contribution in [0.15, 0.2) is 0 Å². The summed E-state index contributed by atoms with van der Waals surface area (Å²) in [4.78, 5) is 21.9. The SMILES string of the molecule is C#CN1CC(=O)C(C)(C)C1C(C)C.C#CN1CC(C)(O)CC1C(C)C.C#CN1CC(C)(OC)CC1C(C)C.C#CN1CCC(C(C)(C)C)C1C(C)C.C#CN1CCC2(CC2)C1C(C)C. The minimum absolute atomic E-state index is 0.0543. The van der Waals surface area contributed by atoms with Gasteiger partial charge < -0.3 is 34.3 Å². The van der Waals surface area contributed by atoms with Crippen LogP contribution in [-0.2, 0) is 9.53 Å². The second-order valence-electron chi connectivity index (χ2n) is 23.7.